The van der Waals surface area contributed by atoms with E-state index in [0.717, 1.165) is 0 Å². The molecule has 30 heavy (non-hydrogen) atoms. The fourth-order valence-electron chi connectivity index (χ4n) is 2.66. The zero-order valence-corrected chi connectivity index (χ0v) is 17.3. The Morgan fingerprint density at radius 1 is 1.13 bits per heavy atom. The molecule has 0 saturated heterocycles. The fraction of sp³-hybridized carbons (Fsp3) is 0.333. The molecule has 2 amide bonds. The van der Waals surface area contributed by atoms with Gasteiger partial charge in [-0.1, -0.05) is 13.8 Å². The van der Waals surface area contributed by atoms with Crippen molar-refractivity contribution < 1.29 is 24.4 Å². The van der Waals surface area contributed by atoms with Crippen molar-refractivity contribution >= 4 is 28.9 Å². The predicted molar refractivity (Wildman–Crippen MR) is 113 cm³/mol. The molecule has 9 nitrogen and oxygen atoms in total. The number of carbonyl (C=O) groups excluding carboxylic acids is 2. The van der Waals surface area contributed by atoms with Crippen LogP contribution in [0.5, 0.6) is 5.75 Å². The summed E-state index contributed by atoms with van der Waals surface area (Å²) >= 11 is 0. The van der Waals surface area contributed by atoms with Crippen LogP contribution in [0.3, 0.4) is 0 Å². The van der Waals surface area contributed by atoms with E-state index in [-0.39, 0.29) is 29.8 Å². The molecule has 160 valence electrons. The van der Waals surface area contributed by atoms with Gasteiger partial charge in [0.2, 0.25) is 5.91 Å². The molecule has 0 aliphatic rings. The molecule has 0 radical (unpaired) electrons. The van der Waals surface area contributed by atoms with Crippen molar-refractivity contribution in [1.82, 2.24) is 0 Å². The van der Waals surface area contributed by atoms with Crippen molar-refractivity contribution in [2.24, 2.45) is 0 Å². The van der Waals surface area contributed by atoms with Gasteiger partial charge in [-0.25, -0.2) is 0 Å². The van der Waals surface area contributed by atoms with E-state index >= 15 is 0 Å². The van der Waals surface area contributed by atoms with Gasteiger partial charge in [0.1, 0.15) is 12.4 Å². The average Bonchev–Trinajstić information content (AvgIpc) is 2.66. The third kappa shape index (κ3) is 6.02. The Bertz CT molecular complexity index is 938. The molecule has 2 aromatic rings. The molecule has 0 bridgehead atoms. The van der Waals surface area contributed by atoms with E-state index in [2.05, 4.69) is 10.6 Å². The van der Waals surface area contributed by atoms with Crippen molar-refractivity contribution in [2.45, 2.75) is 39.2 Å². The minimum Gasteiger partial charge on any atom is -0.490 e. The number of benzene rings is 2. The lowest BCUT2D eigenvalue weighted by Crippen LogP contribution is -2.45. The molecule has 0 fully saturated rings. The first-order valence-electron chi connectivity index (χ1n) is 9.32. The first kappa shape index (κ1) is 22.8. The van der Waals surface area contributed by atoms with Gasteiger partial charge in [0.25, 0.3) is 11.6 Å². The molecule has 0 aliphatic carbocycles. The highest BCUT2D eigenvalue weighted by Crippen LogP contribution is 2.29. The van der Waals surface area contributed by atoms with Gasteiger partial charge < -0.3 is 20.5 Å². The number of nitro benzene ring substituents is 1. The standard InChI is InChI=1S/C21H25N3O6/c1-13(2)18-10-7-16(11-19(18)24(28)29)23-20(26)21(4,27)12-30-17-8-5-15(6-9-17)22-14(3)25/h5-11,13,27H,12H2,1-4H3,(H,22,25)(H,23,26)/t21-/m0/s1. The summed E-state index contributed by atoms with van der Waals surface area (Å²) in [7, 11) is 0. The van der Waals surface area contributed by atoms with Gasteiger partial charge in [-0.05, 0) is 49.2 Å². The Labute approximate surface area is 174 Å². The number of hydrogen-bond donors (Lipinski definition) is 3. The molecule has 2 aromatic carbocycles. The number of nitrogens with zero attached hydrogens (tertiary/aromatic N) is 1. The van der Waals surface area contributed by atoms with E-state index < -0.39 is 16.4 Å². The SMILES string of the molecule is CC(=O)Nc1ccc(OC[C@](C)(O)C(=O)Nc2ccc(C(C)C)c([N+](=O)[O-])c2)cc1. The van der Waals surface area contributed by atoms with E-state index in [1.165, 1.54) is 19.9 Å². The number of amides is 2. The van der Waals surface area contributed by atoms with Crippen LogP contribution >= 0.6 is 0 Å². The number of anilines is 2. The highest BCUT2D eigenvalue weighted by Gasteiger charge is 2.32. The first-order chi connectivity index (χ1) is 14.0. The molecule has 3 N–H and O–H groups in total. The second-order valence-corrected chi connectivity index (χ2v) is 7.41. The molecule has 2 rings (SSSR count). The third-order valence-electron chi connectivity index (χ3n) is 4.29. The van der Waals surface area contributed by atoms with Crippen molar-refractivity contribution in [1.29, 1.82) is 0 Å². The second kappa shape index (κ2) is 9.36. The topological polar surface area (TPSA) is 131 Å². The predicted octanol–water partition coefficient (Wildman–Crippen LogP) is 3.45. The minimum absolute atomic E-state index is 0.0521. The van der Waals surface area contributed by atoms with Gasteiger partial charge in [0.05, 0.1) is 4.92 Å². The third-order valence-corrected chi connectivity index (χ3v) is 4.29. The van der Waals surface area contributed by atoms with Gasteiger partial charge >= 0.3 is 0 Å². The summed E-state index contributed by atoms with van der Waals surface area (Å²) < 4.78 is 5.47. The number of nitro groups is 1. The maximum atomic E-state index is 12.5. The van der Waals surface area contributed by atoms with Crippen molar-refractivity contribution in [3.63, 3.8) is 0 Å². The van der Waals surface area contributed by atoms with Gasteiger partial charge in [-0.2, -0.15) is 0 Å². The second-order valence-electron chi connectivity index (χ2n) is 7.41. The monoisotopic (exact) mass is 415 g/mol. The van der Waals surface area contributed by atoms with Crippen LogP contribution in [-0.4, -0.2) is 34.1 Å². The smallest absolute Gasteiger partial charge is 0.274 e. The summed E-state index contributed by atoms with van der Waals surface area (Å²) in [5, 5.41) is 26.9. The number of rotatable bonds is 8. The molecule has 0 spiro atoms. The summed E-state index contributed by atoms with van der Waals surface area (Å²) in [5.74, 6) is -0.619. The van der Waals surface area contributed by atoms with Gasteiger partial charge in [-0.3, -0.25) is 19.7 Å². The van der Waals surface area contributed by atoms with Crippen LogP contribution < -0.4 is 15.4 Å². The minimum atomic E-state index is -1.89. The van der Waals surface area contributed by atoms with Crippen LogP contribution in [0, 0.1) is 10.1 Å². The number of ether oxygens (including phenoxy) is 1. The first-order valence-corrected chi connectivity index (χ1v) is 9.32. The van der Waals surface area contributed by atoms with Crippen molar-refractivity contribution in [3.8, 4) is 5.75 Å². The van der Waals surface area contributed by atoms with E-state index in [0.29, 0.717) is 17.0 Å². The number of nitrogens with one attached hydrogen (secondary N) is 2. The molecule has 1 atom stereocenters. The highest BCUT2D eigenvalue weighted by atomic mass is 16.6. The highest BCUT2D eigenvalue weighted by molar-refractivity contribution is 5.97. The molecule has 0 unspecified atom stereocenters. The van der Waals surface area contributed by atoms with Crippen molar-refractivity contribution in [3.05, 3.63) is 58.1 Å². The Kier molecular flexibility index (Phi) is 7.12. The lowest BCUT2D eigenvalue weighted by molar-refractivity contribution is -0.385. The van der Waals surface area contributed by atoms with Crippen molar-refractivity contribution in [2.75, 3.05) is 17.2 Å². The van der Waals surface area contributed by atoms with E-state index in [1.54, 1.807) is 36.4 Å². The summed E-state index contributed by atoms with van der Waals surface area (Å²) in [4.78, 5) is 34.3. The zero-order chi connectivity index (χ0) is 22.5. The number of aliphatic hydroxyl groups is 1. The molecular weight excluding hydrogens is 390 g/mol. The van der Waals surface area contributed by atoms with Crippen LogP contribution in [0.25, 0.3) is 0 Å². The van der Waals surface area contributed by atoms with E-state index in [9.17, 15) is 24.8 Å². The average molecular weight is 415 g/mol. The molecule has 9 heteroatoms. The summed E-state index contributed by atoms with van der Waals surface area (Å²) in [6.45, 7) is 6.01. The van der Waals surface area contributed by atoms with Crippen LogP contribution in [0.1, 0.15) is 39.2 Å². The van der Waals surface area contributed by atoms with Crippen LogP contribution in [-0.2, 0) is 9.59 Å². The van der Waals surface area contributed by atoms with E-state index in [4.69, 9.17) is 4.74 Å². The van der Waals surface area contributed by atoms with Gasteiger partial charge in [0, 0.05) is 29.9 Å². The van der Waals surface area contributed by atoms with E-state index in [1.807, 2.05) is 13.8 Å². The molecular formula is C21H25N3O6. The number of hydrogen-bond acceptors (Lipinski definition) is 6. The largest absolute Gasteiger partial charge is 0.490 e. The maximum absolute atomic E-state index is 12.5. The lowest BCUT2D eigenvalue weighted by Gasteiger charge is -2.23. The molecule has 0 aliphatic heterocycles. The lowest BCUT2D eigenvalue weighted by atomic mass is 10.0. The quantitative estimate of drug-likeness (QED) is 0.447. The van der Waals surface area contributed by atoms with Crippen LogP contribution in [0.4, 0.5) is 17.1 Å². The molecule has 0 saturated carbocycles. The normalized spacial score (nSPS) is 12.7. The Hall–Kier alpha value is -3.46. The van der Waals surface area contributed by atoms with Gasteiger partial charge in [0.15, 0.2) is 5.60 Å². The fourth-order valence-corrected chi connectivity index (χ4v) is 2.66. The molecule has 0 aromatic heterocycles. The zero-order valence-electron chi connectivity index (χ0n) is 17.3. The summed E-state index contributed by atoms with van der Waals surface area (Å²) in [6.07, 6.45) is 0. The van der Waals surface area contributed by atoms with Crippen LogP contribution in [0.15, 0.2) is 42.5 Å². The Morgan fingerprint density at radius 3 is 2.27 bits per heavy atom. The van der Waals surface area contributed by atoms with Gasteiger partial charge in [-0.15, -0.1) is 0 Å². The number of carbonyl (C=O) groups is 2. The maximum Gasteiger partial charge on any atom is 0.274 e. The Morgan fingerprint density at radius 2 is 1.73 bits per heavy atom. The Balaban J connectivity index is 2.04. The van der Waals surface area contributed by atoms with Crippen LogP contribution in [0.2, 0.25) is 0 Å². The molecule has 0 heterocycles. The summed E-state index contributed by atoms with van der Waals surface area (Å²) in [6, 6.07) is 10.8. The summed E-state index contributed by atoms with van der Waals surface area (Å²) in [5.41, 5.74) is -0.641.